The monoisotopic (exact) mass is 284 g/mol. The van der Waals surface area contributed by atoms with Crippen molar-refractivity contribution in [1.29, 1.82) is 0 Å². The van der Waals surface area contributed by atoms with Crippen LogP contribution in [-0.4, -0.2) is 17.3 Å². The number of hydrogen-bond donors (Lipinski definition) is 1. The van der Waals surface area contributed by atoms with E-state index in [1.54, 1.807) is 0 Å². The fourth-order valence-corrected chi connectivity index (χ4v) is 6.22. The minimum absolute atomic E-state index is 0.262. The molecule has 5 atom stereocenters. The van der Waals surface area contributed by atoms with Crippen LogP contribution >= 0.6 is 0 Å². The lowest BCUT2D eigenvalue weighted by Crippen LogP contribution is -2.45. The molecule has 5 rings (SSSR count). The van der Waals surface area contributed by atoms with Gasteiger partial charge < -0.3 is 9.84 Å². The Kier molecular flexibility index (Phi) is 2.29. The molecular weight excluding hydrogens is 260 g/mol. The zero-order valence-electron chi connectivity index (χ0n) is 12.8. The SMILES string of the molecule is C[C@@]12CC[C@H]3c4ccc(O)cc4CC[C@@H]3[C@@H]1CC[C@@]21CO1. The maximum Gasteiger partial charge on any atom is 0.115 e. The summed E-state index contributed by atoms with van der Waals surface area (Å²) in [5.41, 5.74) is 3.62. The molecule has 112 valence electrons. The smallest absolute Gasteiger partial charge is 0.115 e. The number of hydrogen-bond acceptors (Lipinski definition) is 2. The molecule has 1 spiro atoms. The number of ether oxygens (including phenoxy) is 1. The zero-order chi connectivity index (χ0) is 14.2. The van der Waals surface area contributed by atoms with E-state index in [1.807, 2.05) is 12.1 Å². The molecule has 0 aromatic heterocycles. The molecule has 1 N–H and O–H groups in total. The molecule has 1 aromatic carbocycles. The van der Waals surface area contributed by atoms with Gasteiger partial charge in [0.05, 0.1) is 12.2 Å². The lowest BCUT2D eigenvalue weighted by atomic mass is 9.54. The third-order valence-corrected chi connectivity index (χ3v) is 7.49. The van der Waals surface area contributed by atoms with Gasteiger partial charge in [-0.3, -0.25) is 0 Å². The third-order valence-electron chi connectivity index (χ3n) is 7.49. The lowest BCUT2D eigenvalue weighted by molar-refractivity contribution is 0.0121. The van der Waals surface area contributed by atoms with E-state index in [9.17, 15) is 5.11 Å². The van der Waals surface area contributed by atoms with Crippen molar-refractivity contribution >= 4 is 0 Å². The van der Waals surface area contributed by atoms with Crippen LogP contribution in [0.5, 0.6) is 5.75 Å². The van der Waals surface area contributed by atoms with Crippen molar-refractivity contribution in [3.63, 3.8) is 0 Å². The van der Waals surface area contributed by atoms with Crippen molar-refractivity contribution in [2.45, 2.75) is 57.0 Å². The van der Waals surface area contributed by atoms with Crippen LogP contribution in [0.4, 0.5) is 0 Å². The van der Waals surface area contributed by atoms with Crippen LogP contribution in [0, 0.1) is 17.3 Å². The molecule has 3 aliphatic carbocycles. The molecular formula is C19H24O2. The number of aryl methyl sites for hydroxylation is 1. The topological polar surface area (TPSA) is 32.8 Å². The van der Waals surface area contributed by atoms with Crippen LogP contribution in [0.3, 0.4) is 0 Å². The fraction of sp³-hybridized carbons (Fsp3) is 0.684. The maximum atomic E-state index is 9.74. The Labute approximate surface area is 126 Å². The number of fused-ring (bicyclic) bond motifs is 6. The van der Waals surface area contributed by atoms with Gasteiger partial charge in [0.1, 0.15) is 5.75 Å². The van der Waals surface area contributed by atoms with Gasteiger partial charge in [0, 0.05) is 5.41 Å². The van der Waals surface area contributed by atoms with Crippen molar-refractivity contribution in [1.82, 2.24) is 0 Å². The molecule has 2 nitrogen and oxygen atoms in total. The van der Waals surface area contributed by atoms with Crippen LogP contribution in [0.25, 0.3) is 0 Å². The first-order valence-corrected chi connectivity index (χ1v) is 8.59. The molecule has 0 unspecified atom stereocenters. The van der Waals surface area contributed by atoms with E-state index < -0.39 is 0 Å². The first-order chi connectivity index (χ1) is 10.1. The summed E-state index contributed by atoms with van der Waals surface area (Å²) in [5.74, 6) is 2.84. The van der Waals surface area contributed by atoms with Gasteiger partial charge in [-0.1, -0.05) is 13.0 Å². The lowest BCUT2D eigenvalue weighted by Gasteiger charge is -2.50. The summed E-state index contributed by atoms with van der Waals surface area (Å²) in [6.45, 7) is 3.53. The molecule has 2 saturated carbocycles. The van der Waals surface area contributed by atoms with Crippen LogP contribution in [0.1, 0.15) is 56.1 Å². The molecule has 1 heterocycles. The predicted molar refractivity (Wildman–Crippen MR) is 81.4 cm³/mol. The number of epoxide rings is 1. The van der Waals surface area contributed by atoms with Gasteiger partial charge in [-0.25, -0.2) is 0 Å². The number of phenolic OH excluding ortho intramolecular Hbond substituents is 1. The van der Waals surface area contributed by atoms with Crippen molar-refractivity contribution in [2.75, 3.05) is 6.61 Å². The summed E-state index contributed by atoms with van der Waals surface area (Å²) >= 11 is 0. The Morgan fingerprint density at radius 2 is 2.05 bits per heavy atom. The average molecular weight is 284 g/mol. The Hall–Kier alpha value is -1.02. The first-order valence-electron chi connectivity index (χ1n) is 8.59. The highest BCUT2D eigenvalue weighted by molar-refractivity contribution is 5.40. The summed E-state index contributed by atoms with van der Waals surface area (Å²) in [5, 5.41) is 9.74. The molecule has 4 aliphatic rings. The van der Waals surface area contributed by atoms with Crippen LogP contribution in [0.15, 0.2) is 18.2 Å². The fourth-order valence-electron chi connectivity index (χ4n) is 6.22. The molecule has 21 heavy (non-hydrogen) atoms. The molecule has 1 aliphatic heterocycles. The van der Waals surface area contributed by atoms with E-state index in [0.717, 1.165) is 30.8 Å². The summed E-state index contributed by atoms with van der Waals surface area (Å²) in [6, 6.07) is 6.08. The number of aromatic hydroxyl groups is 1. The van der Waals surface area contributed by atoms with Gasteiger partial charge in [-0.15, -0.1) is 0 Å². The average Bonchev–Trinajstić information content (AvgIpc) is 3.20. The van der Waals surface area contributed by atoms with E-state index in [0.29, 0.717) is 11.2 Å². The van der Waals surface area contributed by atoms with Crippen molar-refractivity contribution in [2.24, 2.45) is 17.3 Å². The molecule has 3 fully saturated rings. The highest BCUT2D eigenvalue weighted by Crippen LogP contribution is 2.68. The predicted octanol–water partition coefficient (Wildman–Crippen LogP) is 4.02. The van der Waals surface area contributed by atoms with E-state index in [-0.39, 0.29) is 5.60 Å². The maximum absolute atomic E-state index is 9.74. The van der Waals surface area contributed by atoms with Crippen molar-refractivity contribution in [3.05, 3.63) is 29.3 Å². The minimum Gasteiger partial charge on any atom is -0.508 e. The Morgan fingerprint density at radius 1 is 1.19 bits per heavy atom. The number of rotatable bonds is 0. The number of benzene rings is 1. The standard InChI is InChI=1S/C19H24O2/c1-18-8-6-15-14-5-3-13(20)10-12(14)2-4-16(15)17(18)7-9-19(18)11-21-19/h3,5,10,15-17,20H,2,4,6-9,11H2,1H3/t15-,16-,17-,18+,19+/m0/s1. The first kappa shape index (κ1) is 12.5. The normalized spacial score (nSPS) is 46.8. The molecule has 0 amide bonds. The molecule has 0 radical (unpaired) electrons. The molecule has 0 bridgehead atoms. The van der Waals surface area contributed by atoms with E-state index in [4.69, 9.17) is 4.74 Å². The Bertz CT molecular complexity index is 604. The zero-order valence-corrected chi connectivity index (χ0v) is 12.8. The van der Waals surface area contributed by atoms with E-state index in [1.165, 1.54) is 43.2 Å². The van der Waals surface area contributed by atoms with Gasteiger partial charge >= 0.3 is 0 Å². The summed E-state index contributed by atoms with van der Waals surface area (Å²) < 4.78 is 5.96. The minimum atomic E-state index is 0.262. The molecule has 1 aromatic rings. The second-order valence-corrected chi connectivity index (χ2v) is 8.08. The van der Waals surface area contributed by atoms with Gasteiger partial charge in [-0.2, -0.15) is 0 Å². The van der Waals surface area contributed by atoms with Crippen molar-refractivity contribution < 1.29 is 9.84 Å². The van der Waals surface area contributed by atoms with E-state index in [2.05, 4.69) is 13.0 Å². The Morgan fingerprint density at radius 3 is 2.86 bits per heavy atom. The summed E-state index contributed by atoms with van der Waals surface area (Å²) in [6.07, 6.45) is 7.73. The second kappa shape index (κ2) is 3.84. The van der Waals surface area contributed by atoms with Gasteiger partial charge in [0.2, 0.25) is 0 Å². The summed E-state index contributed by atoms with van der Waals surface area (Å²) in [7, 11) is 0. The van der Waals surface area contributed by atoms with E-state index >= 15 is 0 Å². The van der Waals surface area contributed by atoms with Crippen LogP contribution < -0.4 is 0 Å². The van der Waals surface area contributed by atoms with Gasteiger partial charge in [0.25, 0.3) is 0 Å². The largest absolute Gasteiger partial charge is 0.508 e. The molecule has 2 heteroatoms. The van der Waals surface area contributed by atoms with Gasteiger partial charge in [0.15, 0.2) is 0 Å². The quantitative estimate of drug-likeness (QED) is 0.730. The summed E-state index contributed by atoms with van der Waals surface area (Å²) in [4.78, 5) is 0. The van der Waals surface area contributed by atoms with Crippen molar-refractivity contribution in [3.8, 4) is 5.75 Å². The second-order valence-electron chi connectivity index (χ2n) is 8.08. The molecule has 1 saturated heterocycles. The Balaban J connectivity index is 1.54. The van der Waals surface area contributed by atoms with Crippen LogP contribution in [-0.2, 0) is 11.2 Å². The van der Waals surface area contributed by atoms with Gasteiger partial charge in [-0.05, 0) is 79.5 Å². The number of phenols is 1. The third kappa shape index (κ3) is 1.47. The van der Waals surface area contributed by atoms with Crippen LogP contribution in [0.2, 0.25) is 0 Å². The highest BCUT2D eigenvalue weighted by atomic mass is 16.6. The highest BCUT2D eigenvalue weighted by Gasteiger charge is 2.68.